The average Bonchev–Trinajstić information content (AvgIpc) is 2.66. The van der Waals surface area contributed by atoms with Crippen LogP contribution in [-0.4, -0.2) is 24.8 Å². The smallest absolute Gasteiger partial charge is 0.154 e. The Hall–Kier alpha value is -3.54. The molecule has 0 fully saturated rings. The SMILES string of the molecule is CC(=O)/C=C(/C)Nc1ccc(OCCOc2ccc(N/C(C)=C\C(C)=O)cc2)cc1. The van der Waals surface area contributed by atoms with Gasteiger partial charge in [-0.25, -0.2) is 0 Å². The van der Waals surface area contributed by atoms with Gasteiger partial charge in [0.1, 0.15) is 24.7 Å². The van der Waals surface area contributed by atoms with Crippen molar-refractivity contribution < 1.29 is 19.1 Å². The van der Waals surface area contributed by atoms with Gasteiger partial charge in [-0.1, -0.05) is 0 Å². The quantitative estimate of drug-likeness (QED) is 0.405. The molecule has 0 spiro atoms. The van der Waals surface area contributed by atoms with Crippen molar-refractivity contribution in [3.05, 3.63) is 72.1 Å². The van der Waals surface area contributed by atoms with Crippen LogP contribution in [-0.2, 0) is 9.59 Å². The van der Waals surface area contributed by atoms with E-state index in [1.807, 2.05) is 62.4 Å². The fourth-order valence-corrected chi connectivity index (χ4v) is 2.73. The van der Waals surface area contributed by atoms with Crippen LogP contribution >= 0.6 is 0 Å². The van der Waals surface area contributed by atoms with Crippen LogP contribution in [0.25, 0.3) is 0 Å². The Morgan fingerprint density at radius 1 is 0.667 bits per heavy atom. The molecule has 0 aliphatic carbocycles. The summed E-state index contributed by atoms with van der Waals surface area (Å²) in [5.41, 5.74) is 3.35. The number of nitrogens with one attached hydrogen (secondary N) is 2. The molecule has 0 heterocycles. The molecule has 6 heteroatoms. The Balaban J connectivity index is 1.74. The number of ether oxygens (including phenoxy) is 2. The highest BCUT2D eigenvalue weighted by molar-refractivity contribution is 5.88. The molecule has 158 valence electrons. The average molecular weight is 408 g/mol. The standard InChI is InChI=1S/C24H28N2O4/c1-17(15-19(3)27)25-21-5-9-23(10-6-21)29-13-14-30-24-11-7-22(8-12-24)26-18(2)16-20(4)28/h5-12,15-16,25-26H,13-14H2,1-4H3/b17-15-,18-16-. The van der Waals surface area contributed by atoms with E-state index < -0.39 is 0 Å². The fraction of sp³-hybridized carbons (Fsp3) is 0.250. The van der Waals surface area contributed by atoms with Crippen LogP contribution in [0.3, 0.4) is 0 Å². The third-order valence-corrected chi connectivity index (χ3v) is 3.85. The molecule has 2 aromatic rings. The molecule has 0 bridgehead atoms. The molecule has 0 saturated carbocycles. The summed E-state index contributed by atoms with van der Waals surface area (Å²) in [5.74, 6) is 1.49. The second kappa shape index (κ2) is 11.5. The van der Waals surface area contributed by atoms with Crippen LogP contribution < -0.4 is 20.1 Å². The molecule has 0 aromatic heterocycles. The van der Waals surface area contributed by atoms with E-state index in [0.717, 1.165) is 34.3 Å². The first kappa shape index (κ1) is 22.7. The summed E-state index contributed by atoms with van der Waals surface area (Å²) in [6.07, 6.45) is 3.10. The van der Waals surface area contributed by atoms with E-state index in [0.29, 0.717) is 13.2 Å². The van der Waals surface area contributed by atoms with E-state index in [1.165, 1.54) is 13.8 Å². The van der Waals surface area contributed by atoms with E-state index in [4.69, 9.17) is 9.47 Å². The van der Waals surface area contributed by atoms with Crippen molar-refractivity contribution in [2.24, 2.45) is 0 Å². The predicted octanol–water partition coefficient (Wildman–Crippen LogP) is 4.95. The molecule has 30 heavy (non-hydrogen) atoms. The summed E-state index contributed by atoms with van der Waals surface area (Å²) in [6.45, 7) is 7.55. The summed E-state index contributed by atoms with van der Waals surface area (Å²) < 4.78 is 11.4. The van der Waals surface area contributed by atoms with Crippen molar-refractivity contribution >= 4 is 22.9 Å². The lowest BCUT2D eigenvalue weighted by Gasteiger charge is -2.11. The number of carbonyl (C=O) groups is 2. The minimum atomic E-state index is 0.00536. The van der Waals surface area contributed by atoms with Gasteiger partial charge in [-0.05, 0) is 88.4 Å². The normalized spacial score (nSPS) is 11.6. The Bertz CT molecular complexity index is 836. The molecule has 0 atom stereocenters. The van der Waals surface area contributed by atoms with Crippen LogP contribution in [0.2, 0.25) is 0 Å². The van der Waals surface area contributed by atoms with E-state index in [1.54, 1.807) is 12.2 Å². The zero-order valence-electron chi connectivity index (χ0n) is 17.8. The number of rotatable bonds is 11. The third-order valence-electron chi connectivity index (χ3n) is 3.85. The lowest BCUT2D eigenvalue weighted by atomic mass is 10.2. The van der Waals surface area contributed by atoms with Crippen LogP contribution in [0.15, 0.2) is 72.1 Å². The van der Waals surface area contributed by atoms with Gasteiger partial charge in [-0.2, -0.15) is 0 Å². The summed E-state index contributed by atoms with van der Waals surface area (Å²) in [4.78, 5) is 22.2. The van der Waals surface area contributed by atoms with Gasteiger partial charge in [0.15, 0.2) is 11.6 Å². The number of hydrogen-bond acceptors (Lipinski definition) is 6. The Morgan fingerprint density at radius 2 is 1.00 bits per heavy atom. The number of anilines is 2. The zero-order chi connectivity index (χ0) is 21.9. The Kier molecular flexibility index (Phi) is 8.69. The highest BCUT2D eigenvalue weighted by Crippen LogP contribution is 2.19. The van der Waals surface area contributed by atoms with Crippen molar-refractivity contribution in [1.82, 2.24) is 0 Å². The maximum atomic E-state index is 11.1. The highest BCUT2D eigenvalue weighted by atomic mass is 16.5. The predicted molar refractivity (Wildman–Crippen MR) is 120 cm³/mol. The van der Waals surface area contributed by atoms with Crippen LogP contribution in [0, 0.1) is 0 Å². The molecule has 0 unspecified atom stereocenters. The first-order chi connectivity index (χ1) is 14.3. The minimum Gasteiger partial charge on any atom is -0.490 e. The molecule has 0 saturated heterocycles. The number of carbonyl (C=O) groups excluding carboxylic acids is 2. The molecular formula is C24H28N2O4. The van der Waals surface area contributed by atoms with E-state index in [-0.39, 0.29) is 11.6 Å². The Morgan fingerprint density at radius 3 is 1.30 bits per heavy atom. The first-order valence-electron chi connectivity index (χ1n) is 9.69. The lowest BCUT2D eigenvalue weighted by Crippen LogP contribution is -2.09. The largest absolute Gasteiger partial charge is 0.490 e. The van der Waals surface area contributed by atoms with Crippen LogP contribution in [0.4, 0.5) is 11.4 Å². The van der Waals surface area contributed by atoms with Crippen molar-refractivity contribution in [2.45, 2.75) is 27.7 Å². The molecular weight excluding hydrogens is 380 g/mol. The van der Waals surface area contributed by atoms with Gasteiger partial charge in [0, 0.05) is 22.8 Å². The van der Waals surface area contributed by atoms with Crippen LogP contribution in [0.5, 0.6) is 11.5 Å². The first-order valence-corrected chi connectivity index (χ1v) is 9.69. The second-order valence-electron chi connectivity index (χ2n) is 6.87. The Labute approximate surface area is 177 Å². The van der Waals surface area contributed by atoms with Crippen LogP contribution in [0.1, 0.15) is 27.7 Å². The zero-order valence-corrected chi connectivity index (χ0v) is 17.8. The van der Waals surface area contributed by atoms with E-state index in [2.05, 4.69) is 10.6 Å². The van der Waals surface area contributed by atoms with Gasteiger partial charge < -0.3 is 20.1 Å². The molecule has 0 radical (unpaired) electrons. The number of hydrogen-bond donors (Lipinski definition) is 2. The summed E-state index contributed by atoms with van der Waals surface area (Å²) in [6, 6.07) is 15.0. The topological polar surface area (TPSA) is 76.7 Å². The van der Waals surface area contributed by atoms with Gasteiger partial charge >= 0.3 is 0 Å². The molecule has 0 amide bonds. The van der Waals surface area contributed by atoms with Gasteiger partial charge in [0.05, 0.1) is 0 Å². The fourth-order valence-electron chi connectivity index (χ4n) is 2.73. The summed E-state index contributed by atoms with van der Waals surface area (Å²) in [5, 5.41) is 6.30. The van der Waals surface area contributed by atoms with E-state index in [9.17, 15) is 9.59 Å². The van der Waals surface area contributed by atoms with Crippen molar-refractivity contribution in [1.29, 1.82) is 0 Å². The van der Waals surface area contributed by atoms with Gasteiger partial charge in [-0.15, -0.1) is 0 Å². The second-order valence-corrected chi connectivity index (χ2v) is 6.87. The maximum absolute atomic E-state index is 11.1. The van der Waals surface area contributed by atoms with Gasteiger partial charge in [0.25, 0.3) is 0 Å². The molecule has 2 N–H and O–H groups in total. The van der Waals surface area contributed by atoms with Crippen molar-refractivity contribution in [3.63, 3.8) is 0 Å². The highest BCUT2D eigenvalue weighted by Gasteiger charge is 2.00. The molecule has 0 aliphatic rings. The number of allylic oxidation sites excluding steroid dienone is 4. The molecule has 2 rings (SSSR count). The number of benzene rings is 2. The monoisotopic (exact) mass is 408 g/mol. The lowest BCUT2D eigenvalue weighted by molar-refractivity contribution is -0.113. The van der Waals surface area contributed by atoms with E-state index >= 15 is 0 Å². The third kappa shape index (κ3) is 8.65. The maximum Gasteiger partial charge on any atom is 0.154 e. The van der Waals surface area contributed by atoms with Gasteiger partial charge in [0.2, 0.25) is 0 Å². The molecule has 0 aliphatic heterocycles. The minimum absolute atomic E-state index is 0.00536. The molecule has 2 aromatic carbocycles. The van der Waals surface area contributed by atoms with Crippen molar-refractivity contribution in [2.75, 3.05) is 23.8 Å². The van der Waals surface area contributed by atoms with Gasteiger partial charge in [-0.3, -0.25) is 9.59 Å². The molecule has 6 nitrogen and oxygen atoms in total. The number of ketones is 2. The summed E-state index contributed by atoms with van der Waals surface area (Å²) in [7, 11) is 0. The van der Waals surface area contributed by atoms with Crippen molar-refractivity contribution in [3.8, 4) is 11.5 Å². The summed E-state index contributed by atoms with van der Waals surface area (Å²) >= 11 is 0.